The highest BCUT2D eigenvalue weighted by Gasteiger charge is 2.18. The van der Waals surface area contributed by atoms with E-state index < -0.39 is 0 Å². The normalized spacial score (nSPS) is 16.6. The molecule has 1 fully saturated rings. The van der Waals surface area contributed by atoms with Crippen molar-refractivity contribution >= 4 is 11.9 Å². The zero-order valence-corrected chi connectivity index (χ0v) is 17.1. The molecule has 1 heterocycles. The Bertz CT molecular complexity index is 647. The summed E-state index contributed by atoms with van der Waals surface area (Å²) in [5.41, 5.74) is 0. The highest BCUT2D eigenvalue weighted by atomic mass is 19.1. The van der Waals surface area contributed by atoms with E-state index >= 15 is 0 Å². The third-order valence-corrected chi connectivity index (χ3v) is 4.55. The predicted octanol–water partition coefficient (Wildman–Crippen LogP) is 1.31. The summed E-state index contributed by atoms with van der Waals surface area (Å²) in [5.74, 6) is 0.737. The van der Waals surface area contributed by atoms with E-state index in [9.17, 15) is 9.18 Å². The molecule has 8 heteroatoms. The van der Waals surface area contributed by atoms with Crippen LogP contribution in [0.5, 0.6) is 5.75 Å². The molecule has 1 aromatic carbocycles. The van der Waals surface area contributed by atoms with Crippen molar-refractivity contribution in [3.63, 3.8) is 0 Å². The molecule has 1 atom stereocenters. The third-order valence-electron chi connectivity index (χ3n) is 4.55. The molecular formula is C20H32FN5O2. The first kappa shape index (κ1) is 21.9. The first-order valence-electron chi connectivity index (χ1n) is 9.90. The average molecular weight is 394 g/mol. The van der Waals surface area contributed by atoms with E-state index in [0.29, 0.717) is 12.5 Å². The monoisotopic (exact) mass is 393 g/mol. The van der Waals surface area contributed by atoms with E-state index in [1.807, 2.05) is 18.7 Å². The second kappa shape index (κ2) is 11.5. The van der Waals surface area contributed by atoms with Gasteiger partial charge in [0.05, 0.1) is 6.54 Å². The van der Waals surface area contributed by atoms with Gasteiger partial charge in [0.15, 0.2) is 17.5 Å². The Kier molecular flexibility index (Phi) is 9.00. The van der Waals surface area contributed by atoms with Crippen molar-refractivity contribution in [2.45, 2.75) is 26.9 Å². The number of rotatable bonds is 8. The van der Waals surface area contributed by atoms with Crippen LogP contribution in [0, 0.1) is 5.82 Å². The quantitative estimate of drug-likeness (QED) is 0.515. The highest BCUT2D eigenvalue weighted by Crippen LogP contribution is 2.16. The molecule has 0 aliphatic carbocycles. The molecule has 2 N–H and O–H groups in total. The molecule has 1 aromatic rings. The molecule has 0 saturated carbocycles. The number of guanidine groups is 1. The second-order valence-corrected chi connectivity index (χ2v) is 6.85. The van der Waals surface area contributed by atoms with Crippen LogP contribution < -0.4 is 15.4 Å². The van der Waals surface area contributed by atoms with Crippen LogP contribution in [-0.4, -0.2) is 80.1 Å². The molecular weight excluding hydrogens is 361 g/mol. The van der Waals surface area contributed by atoms with Gasteiger partial charge in [0.25, 0.3) is 0 Å². The number of para-hydroxylation sites is 1. The first-order valence-corrected chi connectivity index (χ1v) is 9.90. The van der Waals surface area contributed by atoms with Crippen LogP contribution >= 0.6 is 0 Å². The van der Waals surface area contributed by atoms with E-state index in [0.717, 1.165) is 45.8 Å². The van der Waals surface area contributed by atoms with Crippen molar-refractivity contribution in [1.82, 2.24) is 20.4 Å². The smallest absolute Gasteiger partial charge is 0.219 e. The predicted molar refractivity (Wildman–Crippen MR) is 109 cm³/mol. The summed E-state index contributed by atoms with van der Waals surface area (Å²) >= 11 is 0. The number of carbonyl (C=O) groups excluding carboxylic acids is 1. The Morgan fingerprint density at radius 1 is 1.25 bits per heavy atom. The molecule has 28 heavy (non-hydrogen) atoms. The van der Waals surface area contributed by atoms with Crippen LogP contribution in [0.1, 0.15) is 20.8 Å². The summed E-state index contributed by atoms with van der Waals surface area (Å²) < 4.78 is 19.3. The number of aliphatic imine (C=N–C) groups is 1. The number of hydrogen-bond acceptors (Lipinski definition) is 4. The van der Waals surface area contributed by atoms with Crippen LogP contribution in [0.15, 0.2) is 29.3 Å². The summed E-state index contributed by atoms with van der Waals surface area (Å²) in [7, 11) is 0. The van der Waals surface area contributed by atoms with Crippen LogP contribution in [0.25, 0.3) is 0 Å². The third kappa shape index (κ3) is 7.34. The fourth-order valence-corrected chi connectivity index (χ4v) is 2.97. The van der Waals surface area contributed by atoms with Crippen molar-refractivity contribution in [3.8, 4) is 5.75 Å². The van der Waals surface area contributed by atoms with Gasteiger partial charge in [-0.05, 0) is 26.0 Å². The van der Waals surface area contributed by atoms with Crippen molar-refractivity contribution < 1.29 is 13.9 Å². The largest absolute Gasteiger partial charge is 0.486 e. The zero-order chi connectivity index (χ0) is 20.4. The lowest BCUT2D eigenvalue weighted by atomic mass is 10.3. The topological polar surface area (TPSA) is 69.2 Å². The summed E-state index contributed by atoms with van der Waals surface area (Å²) in [6.45, 7) is 11.7. The molecule has 1 unspecified atom stereocenters. The van der Waals surface area contributed by atoms with Gasteiger partial charge in [-0.3, -0.25) is 9.69 Å². The average Bonchev–Trinajstić information content (AvgIpc) is 2.68. The Morgan fingerprint density at radius 3 is 2.61 bits per heavy atom. The molecule has 7 nitrogen and oxygen atoms in total. The standard InChI is InChI=1S/C20H32FN5O2/c1-4-22-20(23-9-10-25-11-13-26(14-12-25)17(3)27)24-15-16(2)28-19-8-6-5-7-18(19)21/h5-8,16H,4,9-15H2,1-3H3,(H2,22,23,24). The number of hydrogen-bond donors (Lipinski definition) is 2. The van der Waals surface area contributed by atoms with E-state index in [2.05, 4.69) is 20.5 Å². The van der Waals surface area contributed by atoms with Gasteiger partial charge in [-0.2, -0.15) is 0 Å². The number of benzene rings is 1. The van der Waals surface area contributed by atoms with E-state index in [4.69, 9.17) is 4.74 Å². The number of nitrogens with zero attached hydrogens (tertiary/aromatic N) is 3. The minimum absolute atomic E-state index is 0.145. The summed E-state index contributed by atoms with van der Waals surface area (Å²) in [6, 6.07) is 6.38. The van der Waals surface area contributed by atoms with Gasteiger partial charge in [-0.15, -0.1) is 0 Å². The van der Waals surface area contributed by atoms with Crippen LogP contribution in [-0.2, 0) is 4.79 Å². The number of halogens is 1. The minimum atomic E-state index is -0.367. The molecule has 1 saturated heterocycles. The Morgan fingerprint density at radius 2 is 1.96 bits per heavy atom. The van der Waals surface area contributed by atoms with E-state index in [1.54, 1.807) is 25.1 Å². The van der Waals surface area contributed by atoms with Crippen molar-refractivity contribution in [3.05, 3.63) is 30.1 Å². The van der Waals surface area contributed by atoms with Gasteiger partial charge < -0.3 is 20.3 Å². The van der Waals surface area contributed by atoms with E-state index in [1.165, 1.54) is 6.07 Å². The highest BCUT2D eigenvalue weighted by molar-refractivity contribution is 5.79. The Labute approximate surface area is 166 Å². The first-order chi connectivity index (χ1) is 13.5. The molecule has 0 spiro atoms. The van der Waals surface area contributed by atoms with Gasteiger partial charge in [0, 0.05) is 52.7 Å². The SMILES string of the molecule is CCNC(=NCC(C)Oc1ccccc1F)NCCN1CCN(C(C)=O)CC1. The van der Waals surface area contributed by atoms with Gasteiger partial charge in [0.1, 0.15) is 6.10 Å². The molecule has 1 amide bonds. The van der Waals surface area contributed by atoms with Gasteiger partial charge in [0.2, 0.25) is 5.91 Å². The zero-order valence-electron chi connectivity index (χ0n) is 17.1. The number of ether oxygens (including phenoxy) is 1. The van der Waals surface area contributed by atoms with E-state index in [-0.39, 0.29) is 23.6 Å². The number of carbonyl (C=O) groups is 1. The lowest BCUT2D eigenvalue weighted by molar-refractivity contribution is -0.130. The maximum Gasteiger partial charge on any atom is 0.219 e. The van der Waals surface area contributed by atoms with Crippen molar-refractivity contribution in [1.29, 1.82) is 0 Å². The van der Waals surface area contributed by atoms with Crippen molar-refractivity contribution in [2.75, 3.05) is 52.4 Å². The summed E-state index contributed by atoms with van der Waals surface area (Å²) in [6.07, 6.45) is -0.244. The number of nitrogens with one attached hydrogen (secondary N) is 2. The van der Waals surface area contributed by atoms with Gasteiger partial charge in [-0.1, -0.05) is 12.1 Å². The van der Waals surface area contributed by atoms with Gasteiger partial charge in [-0.25, -0.2) is 9.38 Å². The molecule has 0 aromatic heterocycles. The molecule has 156 valence electrons. The number of amides is 1. The van der Waals surface area contributed by atoms with Gasteiger partial charge >= 0.3 is 0 Å². The maximum atomic E-state index is 13.7. The van der Waals surface area contributed by atoms with Crippen molar-refractivity contribution in [2.24, 2.45) is 4.99 Å². The van der Waals surface area contributed by atoms with Crippen LogP contribution in [0.3, 0.4) is 0 Å². The molecule has 2 rings (SSSR count). The van der Waals surface area contributed by atoms with Crippen LogP contribution in [0.4, 0.5) is 4.39 Å². The molecule has 0 radical (unpaired) electrons. The molecule has 1 aliphatic heterocycles. The fourth-order valence-electron chi connectivity index (χ4n) is 2.97. The molecule has 0 bridgehead atoms. The van der Waals surface area contributed by atoms with Crippen LogP contribution in [0.2, 0.25) is 0 Å². The Balaban J connectivity index is 1.74. The lowest BCUT2D eigenvalue weighted by Gasteiger charge is -2.34. The number of piperazine rings is 1. The second-order valence-electron chi connectivity index (χ2n) is 6.85. The summed E-state index contributed by atoms with van der Waals surface area (Å²) in [5, 5.41) is 6.53. The maximum absolute atomic E-state index is 13.7. The Hall–Kier alpha value is -2.35. The summed E-state index contributed by atoms with van der Waals surface area (Å²) in [4.78, 5) is 20.1. The fraction of sp³-hybridized carbons (Fsp3) is 0.600. The lowest BCUT2D eigenvalue weighted by Crippen LogP contribution is -2.50. The molecule has 1 aliphatic rings. The minimum Gasteiger partial charge on any atom is -0.486 e.